The maximum atomic E-state index is 12.3. The number of amides is 1. The lowest BCUT2D eigenvalue weighted by molar-refractivity contribution is -0.126. The predicted octanol–water partition coefficient (Wildman–Crippen LogP) is 1.89. The highest BCUT2D eigenvalue weighted by molar-refractivity contribution is 5.78. The summed E-state index contributed by atoms with van der Waals surface area (Å²) in [5.41, 5.74) is 0. The number of aryl methyl sites for hydroxylation is 1. The van der Waals surface area contributed by atoms with E-state index in [4.69, 9.17) is 4.74 Å². The second kappa shape index (κ2) is 8.50. The number of rotatable bonds is 6. The predicted molar refractivity (Wildman–Crippen MR) is 90.2 cm³/mol. The Balaban J connectivity index is 1.31. The van der Waals surface area contributed by atoms with Crippen LogP contribution in [0.1, 0.15) is 32.1 Å². The first kappa shape index (κ1) is 16.5. The number of carbonyl (C=O) groups is 1. The minimum Gasteiger partial charge on any atom is -0.381 e. The molecular weight excluding hydrogens is 290 g/mol. The summed E-state index contributed by atoms with van der Waals surface area (Å²) >= 11 is 0. The van der Waals surface area contributed by atoms with Gasteiger partial charge in [0.2, 0.25) is 5.91 Å². The highest BCUT2D eigenvalue weighted by Crippen LogP contribution is 2.23. The number of likely N-dealkylation sites (tertiary alicyclic amines) is 1. The summed E-state index contributed by atoms with van der Waals surface area (Å²) in [5.74, 6) is 0.460. The average Bonchev–Trinajstić information content (AvgIpc) is 3.13. The van der Waals surface area contributed by atoms with Crippen LogP contribution >= 0.6 is 0 Å². The van der Waals surface area contributed by atoms with Crippen LogP contribution in [-0.4, -0.2) is 54.3 Å². The van der Waals surface area contributed by atoms with Gasteiger partial charge in [0.1, 0.15) is 0 Å². The maximum absolute atomic E-state index is 12.3. The van der Waals surface area contributed by atoms with Crippen LogP contribution in [0.3, 0.4) is 0 Å². The largest absolute Gasteiger partial charge is 0.381 e. The third-order valence-electron chi connectivity index (χ3n) is 5.17. The summed E-state index contributed by atoms with van der Waals surface area (Å²) < 4.78 is 7.59. The molecule has 1 aromatic rings. The van der Waals surface area contributed by atoms with Gasteiger partial charge in [-0.1, -0.05) is 0 Å². The van der Waals surface area contributed by atoms with Crippen molar-refractivity contribution in [2.75, 3.05) is 32.8 Å². The van der Waals surface area contributed by atoms with Crippen LogP contribution in [0.2, 0.25) is 0 Å². The van der Waals surface area contributed by atoms with Crippen LogP contribution in [0.5, 0.6) is 0 Å². The molecule has 1 N–H and O–H groups in total. The molecule has 1 amide bonds. The number of nitrogens with zero attached hydrogens (tertiary/aromatic N) is 2. The highest BCUT2D eigenvalue weighted by Gasteiger charge is 2.29. The van der Waals surface area contributed by atoms with E-state index in [1.807, 2.05) is 12.1 Å². The lowest BCUT2D eigenvalue weighted by Crippen LogP contribution is -2.46. The number of hydrogen-bond acceptors (Lipinski definition) is 3. The number of hydrogen-bond donors (Lipinski definition) is 1. The van der Waals surface area contributed by atoms with E-state index >= 15 is 0 Å². The van der Waals surface area contributed by atoms with Crippen LogP contribution in [-0.2, 0) is 16.1 Å². The topological polar surface area (TPSA) is 46.5 Å². The SMILES string of the molecule is O=C(NCCCn1cccc1)C1CCN(C2CCOCC2)CC1. The van der Waals surface area contributed by atoms with Crippen molar-refractivity contribution in [3.63, 3.8) is 0 Å². The number of aromatic nitrogens is 1. The minimum absolute atomic E-state index is 0.206. The smallest absolute Gasteiger partial charge is 0.223 e. The number of nitrogens with one attached hydrogen (secondary N) is 1. The van der Waals surface area contributed by atoms with Crippen molar-refractivity contribution < 1.29 is 9.53 Å². The zero-order chi connectivity index (χ0) is 15.9. The molecule has 0 aromatic carbocycles. The molecule has 23 heavy (non-hydrogen) atoms. The molecule has 2 fully saturated rings. The van der Waals surface area contributed by atoms with Gasteiger partial charge in [-0.15, -0.1) is 0 Å². The molecule has 2 saturated heterocycles. The van der Waals surface area contributed by atoms with E-state index in [2.05, 4.69) is 27.2 Å². The molecule has 2 aliphatic heterocycles. The van der Waals surface area contributed by atoms with E-state index in [9.17, 15) is 4.79 Å². The van der Waals surface area contributed by atoms with E-state index in [1.54, 1.807) is 0 Å². The summed E-state index contributed by atoms with van der Waals surface area (Å²) in [6.45, 7) is 5.66. The Kier molecular flexibility index (Phi) is 6.11. The normalized spacial score (nSPS) is 21.4. The Hall–Kier alpha value is -1.33. The molecule has 128 valence electrons. The molecule has 3 rings (SSSR count). The van der Waals surface area contributed by atoms with Gasteiger partial charge in [-0.2, -0.15) is 0 Å². The van der Waals surface area contributed by atoms with Gasteiger partial charge in [0.25, 0.3) is 0 Å². The maximum Gasteiger partial charge on any atom is 0.223 e. The first-order valence-electron chi connectivity index (χ1n) is 9.03. The van der Waals surface area contributed by atoms with Gasteiger partial charge in [0.15, 0.2) is 0 Å². The zero-order valence-electron chi connectivity index (χ0n) is 14.0. The molecule has 0 atom stereocenters. The zero-order valence-corrected chi connectivity index (χ0v) is 14.0. The van der Waals surface area contributed by atoms with Crippen LogP contribution in [0, 0.1) is 5.92 Å². The van der Waals surface area contributed by atoms with Gasteiger partial charge < -0.3 is 19.5 Å². The summed E-state index contributed by atoms with van der Waals surface area (Å²) in [5, 5.41) is 3.12. The van der Waals surface area contributed by atoms with E-state index in [1.165, 1.54) is 0 Å². The third kappa shape index (κ3) is 4.82. The van der Waals surface area contributed by atoms with E-state index in [0.717, 1.165) is 71.5 Å². The Morgan fingerprint density at radius 2 is 1.78 bits per heavy atom. The molecule has 5 nitrogen and oxygen atoms in total. The van der Waals surface area contributed by atoms with Crippen molar-refractivity contribution in [3.05, 3.63) is 24.5 Å². The second-order valence-electron chi connectivity index (χ2n) is 6.72. The van der Waals surface area contributed by atoms with Crippen molar-refractivity contribution >= 4 is 5.91 Å². The molecule has 0 radical (unpaired) electrons. The fourth-order valence-electron chi connectivity index (χ4n) is 3.71. The number of piperidine rings is 1. The molecule has 0 spiro atoms. The van der Waals surface area contributed by atoms with Gasteiger partial charge >= 0.3 is 0 Å². The van der Waals surface area contributed by atoms with Crippen LogP contribution in [0.25, 0.3) is 0 Å². The fraction of sp³-hybridized carbons (Fsp3) is 0.722. The summed E-state index contributed by atoms with van der Waals surface area (Å²) in [6, 6.07) is 4.74. The fourth-order valence-corrected chi connectivity index (χ4v) is 3.71. The van der Waals surface area contributed by atoms with Gasteiger partial charge in [0.05, 0.1) is 0 Å². The molecular formula is C18H29N3O2. The lowest BCUT2D eigenvalue weighted by Gasteiger charge is -2.38. The molecule has 1 aromatic heterocycles. The Morgan fingerprint density at radius 1 is 1.09 bits per heavy atom. The first-order chi connectivity index (χ1) is 11.3. The van der Waals surface area contributed by atoms with Gasteiger partial charge in [-0.25, -0.2) is 0 Å². The standard InChI is InChI=1S/C18H29N3O2/c22-18(19-8-3-11-20-9-1-2-10-20)16-4-12-21(13-5-16)17-6-14-23-15-7-17/h1-2,9-10,16-17H,3-8,11-15H2,(H,19,22). The second-order valence-corrected chi connectivity index (χ2v) is 6.72. The summed E-state index contributed by atoms with van der Waals surface area (Å²) in [6.07, 6.45) is 9.41. The van der Waals surface area contributed by atoms with Crippen LogP contribution in [0.15, 0.2) is 24.5 Å². The molecule has 0 aliphatic carbocycles. The summed E-state index contributed by atoms with van der Waals surface area (Å²) in [4.78, 5) is 14.9. The van der Waals surface area contributed by atoms with Crippen molar-refractivity contribution in [2.45, 2.75) is 44.7 Å². The Bertz CT molecular complexity index is 461. The third-order valence-corrected chi connectivity index (χ3v) is 5.17. The highest BCUT2D eigenvalue weighted by atomic mass is 16.5. The average molecular weight is 319 g/mol. The number of carbonyl (C=O) groups excluding carboxylic acids is 1. The van der Waals surface area contributed by atoms with Crippen molar-refractivity contribution in [3.8, 4) is 0 Å². The van der Waals surface area contributed by atoms with Gasteiger partial charge in [-0.3, -0.25) is 4.79 Å². The number of ether oxygens (including phenoxy) is 1. The van der Waals surface area contributed by atoms with Gasteiger partial charge in [0, 0.05) is 50.7 Å². The van der Waals surface area contributed by atoms with Crippen molar-refractivity contribution in [1.29, 1.82) is 0 Å². The van der Waals surface area contributed by atoms with Gasteiger partial charge in [-0.05, 0) is 57.3 Å². The lowest BCUT2D eigenvalue weighted by atomic mass is 9.93. The van der Waals surface area contributed by atoms with Crippen LogP contribution < -0.4 is 5.32 Å². The molecule has 3 heterocycles. The van der Waals surface area contributed by atoms with E-state index in [0.29, 0.717) is 6.04 Å². The molecule has 0 saturated carbocycles. The Morgan fingerprint density at radius 3 is 2.48 bits per heavy atom. The van der Waals surface area contributed by atoms with Crippen molar-refractivity contribution in [2.24, 2.45) is 5.92 Å². The molecule has 0 unspecified atom stereocenters. The quantitative estimate of drug-likeness (QED) is 0.815. The molecule has 0 bridgehead atoms. The molecule has 2 aliphatic rings. The molecule has 5 heteroatoms. The van der Waals surface area contributed by atoms with Crippen molar-refractivity contribution in [1.82, 2.24) is 14.8 Å². The minimum atomic E-state index is 0.206. The van der Waals surface area contributed by atoms with Crippen LogP contribution in [0.4, 0.5) is 0 Å². The van der Waals surface area contributed by atoms with E-state index < -0.39 is 0 Å². The Labute approximate surface area is 139 Å². The van der Waals surface area contributed by atoms with E-state index in [-0.39, 0.29) is 11.8 Å². The summed E-state index contributed by atoms with van der Waals surface area (Å²) in [7, 11) is 0. The first-order valence-corrected chi connectivity index (χ1v) is 9.03. The monoisotopic (exact) mass is 319 g/mol.